The van der Waals surface area contributed by atoms with E-state index in [4.69, 9.17) is 10.5 Å². The molecule has 1 atom stereocenters. The molecule has 1 fully saturated rings. The summed E-state index contributed by atoms with van der Waals surface area (Å²) in [5, 5.41) is 0. The summed E-state index contributed by atoms with van der Waals surface area (Å²) in [6, 6.07) is 3.51. The van der Waals surface area contributed by atoms with Crippen LogP contribution in [0.4, 0.5) is 13.2 Å². The molecule has 21 heavy (non-hydrogen) atoms. The van der Waals surface area contributed by atoms with Gasteiger partial charge in [0.2, 0.25) is 0 Å². The summed E-state index contributed by atoms with van der Waals surface area (Å²) in [5.74, 6) is 1.10. The molecule has 2 nitrogen and oxygen atoms in total. The second kappa shape index (κ2) is 7.36. The lowest BCUT2D eigenvalue weighted by Gasteiger charge is -2.16. The van der Waals surface area contributed by atoms with Gasteiger partial charge in [0.15, 0.2) is 0 Å². The van der Waals surface area contributed by atoms with Gasteiger partial charge < -0.3 is 10.5 Å². The van der Waals surface area contributed by atoms with Crippen LogP contribution in [0, 0.1) is 5.92 Å². The van der Waals surface area contributed by atoms with Gasteiger partial charge in [0.25, 0.3) is 0 Å². The Kier molecular flexibility index (Phi) is 6.35. The van der Waals surface area contributed by atoms with Gasteiger partial charge in [0.1, 0.15) is 5.75 Å². The van der Waals surface area contributed by atoms with Crippen molar-refractivity contribution in [3.8, 4) is 5.75 Å². The fourth-order valence-corrected chi connectivity index (χ4v) is 1.98. The van der Waals surface area contributed by atoms with Crippen LogP contribution in [-0.2, 0) is 12.6 Å². The minimum absolute atomic E-state index is 0. The lowest BCUT2D eigenvalue weighted by Crippen LogP contribution is -2.22. The van der Waals surface area contributed by atoms with Crippen molar-refractivity contribution in [2.45, 2.75) is 44.8 Å². The van der Waals surface area contributed by atoms with E-state index in [0.717, 1.165) is 31.4 Å². The van der Waals surface area contributed by atoms with Crippen molar-refractivity contribution in [3.05, 3.63) is 29.3 Å². The van der Waals surface area contributed by atoms with E-state index >= 15 is 0 Å². The van der Waals surface area contributed by atoms with Crippen molar-refractivity contribution in [2.24, 2.45) is 11.7 Å². The minimum atomic E-state index is -4.33. The SMILES string of the molecule is CCC(N)Cc1cc(C(F)(F)F)ccc1OCC1CC1.Cl. The van der Waals surface area contributed by atoms with E-state index in [-0.39, 0.29) is 18.4 Å². The van der Waals surface area contributed by atoms with E-state index in [0.29, 0.717) is 30.3 Å². The molecule has 1 aliphatic rings. The molecule has 2 rings (SSSR count). The molecule has 1 aromatic carbocycles. The van der Waals surface area contributed by atoms with Gasteiger partial charge in [-0.25, -0.2) is 0 Å². The maximum absolute atomic E-state index is 12.8. The van der Waals surface area contributed by atoms with Crippen molar-refractivity contribution in [1.29, 1.82) is 0 Å². The van der Waals surface area contributed by atoms with E-state index in [1.165, 1.54) is 6.07 Å². The molecular formula is C15H21ClF3NO. The average molecular weight is 324 g/mol. The Labute approximate surface area is 129 Å². The molecular weight excluding hydrogens is 303 g/mol. The maximum atomic E-state index is 12.8. The van der Waals surface area contributed by atoms with Gasteiger partial charge in [0.05, 0.1) is 12.2 Å². The first-order chi connectivity index (χ1) is 9.40. The molecule has 0 spiro atoms. The van der Waals surface area contributed by atoms with Crippen LogP contribution in [0.25, 0.3) is 0 Å². The van der Waals surface area contributed by atoms with Crippen molar-refractivity contribution in [3.63, 3.8) is 0 Å². The highest BCUT2D eigenvalue weighted by Crippen LogP contribution is 2.34. The van der Waals surface area contributed by atoms with Crippen LogP contribution in [0.5, 0.6) is 5.75 Å². The summed E-state index contributed by atoms with van der Waals surface area (Å²) >= 11 is 0. The largest absolute Gasteiger partial charge is 0.493 e. The molecule has 120 valence electrons. The van der Waals surface area contributed by atoms with Gasteiger partial charge in [-0.2, -0.15) is 13.2 Å². The second-order valence-corrected chi connectivity index (χ2v) is 5.45. The van der Waals surface area contributed by atoms with Gasteiger partial charge >= 0.3 is 6.18 Å². The zero-order valence-corrected chi connectivity index (χ0v) is 12.8. The number of hydrogen-bond acceptors (Lipinski definition) is 2. The van der Waals surface area contributed by atoms with E-state index in [2.05, 4.69) is 0 Å². The smallest absolute Gasteiger partial charge is 0.416 e. The molecule has 0 radical (unpaired) electrons. The topological polar surface area (TPSA) is 35.2 Å². The molecule has 1 aliphatic carbocycles. The number of alkyl halides is 3. The van der Waals surface area contributed by atoms with E-state index in [1.807, 2.05) is 6.92 Å². The standard InChI is InChI=1S/C15H20F3NO.ClH/c1-2-13(19)8-11-7-12(15(16,17)18)5-6-14(11)20-9-10-3-4-10;/h5-7,10,13H,2-4,8-9,19H2,1H3;1H. The Bertz CT molecular complexity index is 461. The van der Waals surface area contributed by atoms with Crippen LogP contribution in [0.1, 0.15) is 37.3 Å². The van der Waals surface area contributed by atoms with E-state index in [9.17, 15) is 13.2 Å². The number of rotatable bonds is 6. The van der Waals surface area contributed by atoms with Crippen LogP contribution in [0.3, 0.4) is 0 Å². The van der Waals surface area contributed by atoms with Gasteiger partial charge in [-0.05, 0) is 55.4 Å². The highest BCUT2D eigenvalue weighted by molar-refractivity contribution is 5.85. The number of hydrogen-bond donors (Lipinski definition) is 1. The number of nitrogens with two attached hydrogens (primary N) is 1. The Morgan fingerprint density at radius 2 is 2.00 bits per heavy atom. The number of benzene rings is 1. The van der Waals surface area contributed by atoms with Crippen molar-refractivity contribution in [2.75, 3.05) is 6.61 Å². The third-order valence-corrected chi connectivity index (χ3v) is 3.57. The first kappa shape index (κ1) is 18.1. The molecule has 0 aliphatic heterocycles. The normalized spacial score (nSPS) is 16.2. The first-order valence-corrected chi connectivity index (χ1v) is 6.98. The van der Waals surface area contributed by atoms with Crippen LogP contribution in [0.2, 0.25) is 0 Å². The molecule has 2 N–H and O–H groups in total. The molecule has 1 saturated carbocycles. The highest BCUT2D eigenvalue weighted by atomic mass is 35.5. The predicted octanol–water partition coefficient (Wildman–Crippen LogP) is 4.20. The van der Waals surface area contributed by atoms with Gasteiger partial charge in [-0.3, -0.25) is 0 Å². The summed E-state index contributed by atoms with van der Waals surface area (Å²) in [7, 11) is 0. The van der Waals surface area contributed by atoms with Crippen LogP contribution in [-0.4, -0.2) is 12.6 Å². The number of halogens is 4. The van der Waals surface area contributed by atoms with Crippen LogP contribution >= 0.6 is 12.4 Å². The minimum Gasteiger partial charge on any atom is -0.493 e. The van der Waals surface area contributed by atoms with E-state index in [1.54, 1.807) is 0 Å². The fourth-order valence-electron chi connectivity index (χ4n) is 1.98. The molecule has 6 heteroatoms. The zero-order valence-electron chi connectivity index (χ0n) is 12.0. The molecule has 1 unspecified atom stereocenters. The van der Waals surface area contributed by atoms with Crippen molar-refractivity contribution < 1.29 is 17.9 Å². The van der Waals surface area contributed by atoms with E-state index < -0.39 is 11.7 Å². The molecule has 0 aromatic heterocycles. The zero-order chi connectivity index (χ0) is 14.8. The lowest BCUT2D eigenvalue weighted by atomic mass is 10.0. The quantitative estimate of drug-likeness (QED) is 0.851. The molecule has 0 bridgehead atoms. The fraction of sp³-hybridized carbons (Fsp3) is 0.600. The van der Waals surface area contributed by atoms with Gasteiger partial charge in [-0.1, -0.05) is 6.92 Å². The predicted molar refractivity (Wildman–Crippen MR) is 78.9 cm³/mol. The average Bonchev–Trinajstić information content (AvgIpc) is 3.20. The molecule has 1 aromatic rings. The Morgan fingerprint density at radius 3 is 2.52 bits per heavy atom. The summed E-state index contributed by atoms with van der Waals surface area (Å²) in [5.41, 5.74) is 5.77. The van der Waals surface area contributed by atoms with Gasteiger partial charge in [0, 0.05) is 6.04 Å². The molecule has 0 heterocycles. The summed E-state index contributed by atoms with van der Waals surface area (Å²) < 4.78 is 44.0. The monoisotopic (exact) mass is 323 g/mol. The molecule has 0 amide bonds. The lowest BCUT2D eigenvalue weighted by molar-refractivity contribution is -0.137. The van der Waals surface area contributed by atoms with Crippen molar-refractivity contribution in [1.82, 2.24) is 0 Å². The first-order valence-electron chi connectivity index (χ1n) is 6.98. The molecule has 0 saturated heterocycles. The summed E-state index contributed by atoms with van der Waals surface area (Å²) in [6.07, 6.45) is -0.923. The maximum Gasteiger partial charge on any atom is 0.416 e. The van der Waals surface area contributed by atoms with Crippen LogP contribution in [0.15, 0.2) is 18.2 Å². The Balaban J connectivity index is 0.00000220. The van der Waals surface area contributed by atoms with Gasteiger partial charge in [-0.15, -0.1) is 12.4 Å². The Morgan fingerprint density at radius 1 is 1.33 bits per heavy atom. The number of ether oxygens (including phenoxy) is 1. The third-order valence-electron chi connectivity index (χ3n) is 3.57. The van der Waals surface area contributed by atoms with Crippen LogP contribution < -0.4 is 10.5 Å². The Hall–Kier alpha value is -0.940. The third kappa shape index (κ3) is 5.40. The summed E-state index contributed by atoms with van der Waals surface area (Å²) in [6.45, 7) is 2.50. The summed E-state index contributed by atoms with van der Waals surface area (Å²) in [4.78, 5) is 0. The highest BCUT2D eigenvalue weighted by Gasteiger charge is 2.31. The van der Waals surface area contributed by atoms with Crippen molar-refractivity contribution >= 4 is 12.4 Å². The second-order valence-electron chi connectivity index (χ2n) is 5.45.